The van der Waals surface area contributed by atoms with E-state index >= 15 is 0 Å². The molecule has 1 heterocycles. The summed E-state index contributed by atoms with van der Waals surface area (Å²) >= 11 is 11.6. The Morgan fingerprint density at radius 3 is 2.57 bits per heavy atom. The lowest BCUT2D eigenvalue weighted by Gasteiger charge is -2.27. The van der Waals surface area contributed by atoms with Crippen LogP contribution in [0.5, 0.6) is 5.75 Å². The van der Waals surface area contributed by atoms with E-state index in [0.29, 0.717) is 13.1 Å². The number of nitro benzene ring substituents is 1. The molecule has 0 aromatic heterocycles. The molecule has 21 heavy (non-hydrogen) atoms. The van der Waals surface area contributed by atoms with Crippen LogP contribution in [-0.4, -0.2) is 48.5 Å². The van der Waals surface area contributed by atoms with Gasteiger partial charge in [0, 0.05) is 38.3 Å². The van der Waals surface area contributed by atoms with Crippen molar-refractivity contribution in [3.05, 3.63) is 32.3 Å². The van der Waals surface area contributed by atoms with Gasteiger partial charge < -0.3 is 15.0 Å². The highest BCUT2D eigenvalue weighted by molar-refractivity contribution is 6.42. The molecule has 0 atom stereocenters. The van der Waals surface area contributed by atoms with Gasteiger partial charge >= 0.3 is 5.69 Å². The molecule has 114 valence electrons. The van der Waals surface area contributed by atoms with Crippen molar-refractivity contribution in [2.75, 3.05) is 32.8 Å². The minimum Gasteiger partial charge on any atom is -0.477 e. The number of rotatable bonds is 4. The SMILES string of the molecule is O=C(COc1cc(Cl)c(Cl)cc1[N+](=O)[O-])N1CCNCC1. The molecule has 0 bridgehead atoms. The second-order valence-corrected chi connectivity index (χ2v) is 5.23. The molecule has 1 aromatic carbocycles. The Morgan fingerprint density at radius 2 is 1.95 bits per heavy atom. The van der Waals surface area contributed by atoms with E-state index in [-0.39, 0.29) is 34.0 Å². The third-order valence-corrected chi connectivity index (χ3v) is 3.74. The Bertz CT molecular complexity index is 562. The lowest BCUT2D eigenvalue weighted by Crippen LogP contribution is -2.47. The third kappa shape index (κ3) is 3.96. The minimum atomic E-state index is -0.632. The molecule has 0 radical (unpaired) electrons. The maximum atomic E-state index is 11.9. The summed E-state index contributed by atoms with van der Waals surface area (Å²) in [5, 5.41) is 14.3. The van der Waals surface area contributed by atoms with Crippen molar-refractivity contribution >= 4 is 34.8 Å². The fraction of sp³-hybridized carbons (Fsp3) is 0.417. The predicted molar refractivity (Wildman–Crippen MR) is 78.1 cm³/mol. The minimum absolute atomic E-state index is 0.0594. The highest BCUT2D eigenvalue weighted by atomic mass is 35.5. The van der Waals surface area contributed by atoms with Gasteiger partial charge in [0.25, 0.3) is 5.91 Å². The largest absolute Gasteiger partial charge is 0.477 e. The standard InChI is InChI=1S/C12H13Cl2N3O4/c13-8-5-10(17(19)20)11(6-9(8)14)21-7-12(18)16-3-1-15-2-4-16/h5-6,15H,1-4,7H2. The van der Waals surface area contributed by atoms with Crippen molar-refractivity contribution in [1.82, 2.24) is 10.2 Å². The van der Waals surface area contributed by atoms with Crippen molar-refractivity contribution < 1.29 is 14.5 Å². The molecule has 9 heteroatoms. The van der Waals surface area contributed by atoms with Gasteiger partial charge in [0.2, 0.25) is 0 Å². The first-order valence-electron chi connectivity index (χ1n) is 6.24. The van der Waals surface area contributed by atoms with E-state index in [9.17, 15) is 14.9 Å². The van der Waals surface area contributed by atoms with Gasteiger partial charge in [-0.25, -0.2) is 0 Å². The molecule has 1 aromatic rings. The lowest BCUT2D eigenvalue weighted by molar-refractivity contribution is -0.385. The van der Waals surface area contributed by atoms with E-state index < -0.39 is 4.92 Å². The second-order valence-electron chi connectivity index (χ2n) is 4.41. The molecule has 1 amide bonds. The number of carbonyl (C=O) groups excluding carboxylic acids is 1. The molecule has 2 rings (SSSR count). The Kier molecular flexibility index (Phi) is 5.22. The van der Waals surface area contributed by atoms with E-state index in [2.05, 4.69) is 5.32 Å². The Balaban J connectivity index is 2.06. The van der Waals surface area contributed by atoms with Crippen LogP contribution < -0.4 is 10.1 Å². The normalized spacial score (nSPS) is 14.9. The molecular formula is C12H13Cl2N3O4. The summed E-state index contributed by atoms with van der Waals surface area (Å²) in [6.07, 6.45) is 0. The summed E-state index contributed by atoms with van der Waals surface area (Å²) in [6.45, 7) is 2.34. The van der Waals surface area contributed by atoms with Crippen LogP contribution in [0, 0.1) is 10.1 Å². The predicted octanol–water partition coefficient (Wildman–Crippen LogP) is 1.71. The number of carbonyl (C=O) groups is 1. The van der Waals surface area contributed by atoms with Crippen LogP contribution in [0.3, 0.4) is 0 Å². The quantitative estimate of drug-likeness (QED) is 0.669. The molecule has 1 saturated heterocycles. The first kappa shape index (κ1) is 15.8. The molecule has 0 saturated carbocycles. The summed E-state index contributed by atoms with van der Waals surface area (Å²) in [5.41, 5.74) is -0.322. The zero-order valence-electron chi connectivity index (χ0n) is 11.0. The van der Waals surface area contributed by atoms with Crippen LogP contribution in [0.1, 0.15) is 0 Å². The van der Waals surface area contributed by atoms with E-state index in [1.165, 1.54) is 6.07 Å². The van der Waals surface area contributed by atoms with Crippen LogP contribution in [-0.2, 0) is 4.79 Å². The summed E-state index contributed by atoms with van der Waals surface area (Å²) in [7, 11) is 0. The van der Waals surface area contributed by atoms with E-state index in [1.54, 1.807) is 4.90 Å². The number of nitrogens with zero attached hydrogens (tertiary/aromatic N) is 2. The number of hydrogen-bond donors (Lipinski definition) is 1. The Labute approximate surface area is 130 Å². The fourth-order valence-electron chi connectivity index (χ4n) is 1.92. The number of benzene rings is 1. The average Bonchev–Trinajstić information content (AvgIpc) is 2.48. The van der Waals surface area contributed by atoms with Gasteiger partial charge in [-0.1, -0.05) is 23.2 Å². The van der Waals surface area contributed by atoms with Crippen molar-refractivity contribution in [1.29, 1.82) is 0 Å². The van der Waals surface area contributed by atoms with Gasteiger partial charge in [0.15, 0.2) is 12.4 Å². The van der Waals surface area contributed by atoms with Gasteiger partial charge in [-0.05, 0) is 0 Å². The highest BCUT2D eigenvalue weighted by Crippen LogP contribution is 2.35. The molecule has 0 unspecified atom stereocenters. The van der Waals surface area contributed by atoms with Crippen LogP contribution in [0.15, 0.2) is 12.1 Å². The highest BCUT2D eigenvalue weighted by Gasteiger charge is 2.21. The molecule has 1 aliphatic rings. The van der Waals surface area contributed by atoms with Gasteiger partial charge in [0.05, 0.1) is 15.0 Å². The first-order chi connectivity index (χ1) is 9.99. The van der Waals surface area contributed by atoms with Crippen molar-refractivity contribution in [3.8, 4) is 5.75 Å². The number of nitro groups is 1. The molecule has 1 aliphatic heterocycles. The van der Waals surface area contributed by atoms with Gasteiger partial charge in [-0.15, -0.1) is 0 Å². The number of nitrogens with one attached hydrogen (secondary N) is 1. The third-order valence-electron chi connectivity index (χ3n) is 3.02. The Hall–Kier alpha value is -1.57. The Morgan fingerprint density at radius 1 is 1.33 bits per heavy atom. The lowest BCUT2D eigenvalue weighted by atomic mass is 10.3. The average molecular weight is 334 g/mol. The molecule has 1 N–H and O–H groups in total. The van der Waals surface area contributed by atoms with Crippen molar-refractivity contribution in [3.63, 3.8) is 0 Å². The summed E-state index contributed by atoms with van der Waals surface area (Å²) < 4.78 is 5.25. The van der Waals surface area contributed by atoms with Crippen molar-refractivity contribution in [2.45, 2.75) is 0 Å². The number of amides is 1. The topological polar surface area (TPSA) is 84.7 Å². The number of ether oxygens (including phenoxy) is 1. The van der Waals surface area contributed by atoms with Crippen LogP contribution >= 0.6 is 23.2 Å². The summed E-state index contributed by atoms with van der Waals surface area (Å²) in [4.78, 5) is 23.9. The summed E-state index contributed by atoms with van der Waals surface area (Å²) in [6, 6.07) is 2.35. The van der Waals surface area contributed by atoms with Crippen molar-refractivity contribution in [2.24, 2.45) is 0 Å². The number of hydrogen-bond acceptors (Lipinski definition) is 5. The van der Waals surface area contributed by atoms with E-state index in [4.69, 9.17) is 27.9 Å². The first-order valence-corrected chi connectivity index (χ1v) is 6.99. The van der Waals surface area contributed by atoms with Crippen LogP contribution in [0.2, 0.25) is 10.0 Å². The molecule has 7 nitrogen and oxygen atoms in total. The van der Waals surface area contributed by atoms with E-state index in [1.807, 2.05) is 0 Å². The maximum absolute atomic E-state index is 11.9. The monoisotopic (exact) mass is 333 g/mol. The fourth-order valence-corrected chi connectivity index (χ4v) is 2.23. The zero-order valence-corrected chi connectivity index (χ0v) is 12.5. The van der Waals surface area contributed by atoms with Crippen LogP contribution in [0.25, 0.3) is 0 Å². The number of halogens is 2. The molecular weight excluding hydrogens is 321 g/mol. The van der Waals surface area contributed by atoms with E-state index in [0.717, 1.165) is 19.2 Å². The van der Waals surface area contributed by atoms with Gasteiger partial charge in [-0.3, -0.25) is 14.9 Å². The molecule has 0 aliphatic carbocycles. The molecule has 0 spiro atoms. The van der Waals surface area contributed by atoms with Crippen LogP contribution in [0.4, 0.5) is 5.69 Å². The zero-order chi connectivity index (χ0) is 15.4. The van der Waals surface area contributed by atoms with Gasteiger partial charge in [0.1, 0.15) is 0 Å². The maximum Gasteiger partial charge on any atom is 0.312 e. The smallest absolute Gasteiger partial charge is 0.312 e. The number of piperazine rings is 1. The second kappa shape index (κ2) is 6.93. The molecule has 1 fully saturated rings. The summed E-state index contributed by atoms with van der Waals surface area (Å²) in [5.74, 6) is -0.297. The van der Waals surface area contributed by atoms with Gasteiger partial charge in [-0.2, -0.15) is 0 Å².